The molecule has 0 saturated carbocycles. The number of allylic oxidation sites excluding steroid dienone is 1. The van der Waals surface area contributed by atoms with Gasteiger partial charge < -0.3 is 14.2 Å². The molecule has 0 unspecified atom stereocenters. The highest BCUT2D eigenvalue weighted by molar-refractivity contribution is 6.74. The average Bonchev–Trinajstić information content (AvgIpc) is 3.33. The van der Waals surface area contributed by atoms with Crippen LogP contribution in [0.25, 0.3) is 11.1 Å². The van der Waals surface area contributed by atoms with Crippen molar-refractivity contribution in [1.29, 1.82) is 0 Å². The van der Waals surface area contributed by atoms with Crippen molar-refractivity contribution >= 4 is 19.9 Å². The number of hydrogen-bond donors (Lipinski definition) is 0. The maximum atomic E-state index is 14.1. The minimum absolute atomic E-state index is 0.0465. The van der Waals surface area contributed by atoms with E-state index in [0.29, 0.717) is 0 Å². The number of carbonyl (C=O) groups is 1. The normalized spacial score (nSPS) is 22.3. The van der Waals surface area contributed by atoms with E-state index < -0.39 is 8.32 Å². The van der Waals surface area contributed by atoms with Crippen molar-refractivity contribution < 1.29 is 9.22 Å². The Morgan fingerprint density at radius 1 is 0.971 bits per heavy atom. The summed E-state index contributed by atoms with van der Waals surface area (Å²) in [6.07, 6.45) is 4.22. The molecule has 0 N–H and O–H groups in total. The maximum Gasteiger partial charge on any atom is 0.255 e. The number of fused-ring (bicyclic) bond motifs is 3. The largest absolute Gasteiger partial charge is 0.546 e. The molecule has 2 atom stereocenters. The van der Waals surface area contributed by atoms with E-state index >= 15 is 0 Å². The van der Waals surface area contributed by atoms with E-state index in [2.05, 4.69) is 99.2 Å². The first-order valence-corrected chi connectivity index (χ1v) is 16.1. The molecule has 2 heterocycles. The van der Waals surface area contributed by atoms with Gasteiger partial charge in [-0.25, -0.2) is 0 Å². The van der Waals surface area contributed by atoms with Crippen molar-refractivity contribution in [2.24, 2.45) is 0 Å². The van der Waals surface area contributed by atoms with Gasteiger partial charge in [-0.3, -0.25) is 4.79 Å². The lowest BCUT2D eigenvalue weighted by Gasteiger charge is -2.38. The summed E-state index contributed by atoms with van der Waals surface area (Å²) >= 11 is 0. The summed E-state index contributed by atoms with van der Waals surface area (Å²) < 4.78 is 6.95. The maximum absolute atomic E-state index is 14.1. The van der Waals surface area contributed by atoms with Crippen LogP contribution in [0.15, 0.2) is 59.9 Å². The summed E-state index contributed by atoms with van der Waals surface area (Å²) in [4.78, 5) is 18.5. The Labute approximate surface area is 212 Å². The van der Waals surface area contributed by atoms with Gasteiger partial charge in [0.25, 0.3) is 5.91 Å². The van der Waals surface area contributed by atoms with E-state index in [1.807, 2.05) is 0 Å². The lowest BCUT2D eigenvalue weighted by atomic mass is 9.92. The van der Waals surface area contributed by atoms with Crippen LogP contribution in [0.3, 0.4) is 0 Å². The molecule has 35 heavy (non-hydrogen) atoms. The van der Waals surface area contributed by atoms with E-state index in [1.165, 1.54) is 28.8 Å². The molecular formula is C30H40N2O2Si. The second-order valence-electron chi connectivity index (χ2n) is 12.1. The van der Waals surface area contributed by atoms with Gasteiger partial charge >= 0.3 is 0 Å². The predicted octanol–water partition coefficient (Wildman–Crippen LogP) is 6.95. The Morgan fingerprint density at radius 3 is 2.31 bits per heavy atom. The first-order valence-electron chi connectivity index (χ1n) is 13.2. The summed E-state index contributed by atoms with van der Waals surface area (Å²) in [6, 6.07) is 17.4. The quantitative estimate of drug-likeness (QED) is 0.437. The van der Waals surface area contributed by atoms with Gasteiger partial charge in [0.1, 0.15) is 0 Å². The molecule has 186 valence electrons. The van der Waals surface area contributed by atoms with E-state index in [1.54, 1.807) is 0 Å². The Hall–Kier alpha value is -2.53. The molecule has 2 aromatic rings. The molecule has 5 heteroatoms. The van der Waals surface area contributed by atoms with Gasteiger partial charge in [-0.1, -0.05) is 57.2 Å². The van der Waals surface area contributed by atoms with Crippen molar-refractivity contribution in [3.05, 3.63) is 65.4 Å². The first kappa shape index (κ1) is 24.2. The van der Waals surface area contributed by atoms with Gasteiger partial charge in [0.2, 0.25) is 8.32 Å². The number of hydrogen-bond acceptors (Lipinski definition) is 3. The van der Waals surface area contributed by atoms with Crippen molar-refractivity contribution in [2.75, 3.05) is 25.0 Å². The fraction of sp³-hybridized carbons (Fsp3) is 0.500. The van der Waals surface area contributed by atoms with Gasteiger partial charge in [-0.15, -0.1) is 0 Å². The number of likely N-dealkylation sites (N-methyl/N-ethyl adjacent to an activating group) is 1. The Bertz CT molecular complexity index is 1140. The molecule has 0 aromatic heterocycles. The number of piperidine rings is 1. The molecule has 1 aliphatic carbocycles. The summed E-state index contributed by atoms with van der Waals surface area (Å²) in [5, 5.41) is 0.0846. The molecule has 1 saturated heterocycles. The van der Waals surface area contributed by atoms with Crippen LogP contribution in [0, 0.1) is 0 Å². The van der Waals surface area contributed by atoms with Crippen LogP contribution >= 0.6 is 0 Å². The highest BCUT2D eigenvalue weighted by atomic mass is 28.4. The van der Waals surface area contributed by atoms with Crippen molar-refractivity contribution in [2.45, 2.75) is 76.5 Å². The monoisotopic (exact) mass is 488 g/mol. The standard InChI is InChI=1S/C30H40N2O2Si/c1-30(2,3)35(5,6)34-26-20-24-23-19-22(21-13-9-7-10-14-21)15-16-25(23)31(4)28(24)27(26)29(33)32-17-11-8-12-18-32/h7,9-10,13-16,19,24,28H,8,11-12,17-18,20H2,1-6H3/t24-,28+/m0/s1. The SMILES string of the molecule is CN1c2ccc(-c3ccccc3)cc2[C@@H]2CC(O[Si](C)(C)C(C)(C)C)=C(C(=O)N3CCCCC3)[C@@H]21. The second kappa shape index (κ2) is 8.84. The third kappa shape index (κ3) is 4.22. The summed E-state index contributed by atoms with van der Waals surface area (Å²) in [7, 11) is 0.0780. The summed E-state index contributed by atoms with van der Waals surface area (Å²) in [6.45, 7) is 13.1. The average molecular weight is 489 g/mol. The molecule has 2 aliphatic heterocycles. The Morgan fingerprint density at radius 2 is 1.66 bits per heavy atom. The van der Waals surface area contributed by atoms with Crippen molar-refractivity contribution in [1.82, 2.24) is 4.90 Å². The van der Waals surface area contributed by atoms with E-state index in [9.17, 15) is 4.79 Å². The van der Waals surface area contributed by atoms with E-state index in [0.717, 1.165) is 43.7 Å². The fourth-order valence-electron chi connectivity index (χ4n) is 5.73. The van der Waals surface area contributed by atoms with E-state index in [4.69, 9.17) is 4.43 Å². The topological polar surface area (TPSA) is 32.8 Å². The number of anilines is 1. The smallest absolute Gasteiger partial charge is 0.255 e. The van der Waals surface area contributed by atoms with Crippen LogP contribution < -0.4 is 4.90 Å². The van der Waals surface area contributed by atoms with Gasteiger partial charge in [0.05, 0.1) is 17.4 Å². The minimum atomic E-state index is -2.08. The van der Waals surface area contributed by atoms with Crippen molar-refractivity contribution in [3.8, 4) is 11.1 Å². The molecule has 0 bridgehead atoms. The highest BCUT2D eigenvalue weighted by Crippen LogP contribution is 2.53. The molecule has 1 amide bonds. The van der Waals surface area contributed by atoms with E-state index in [-0.39, 0.29) is 22.9 Å². The van der Waals surface area contributed by atoms with Gasteiger partial charge in [0.15, 0.2) is 0 Å². The summed E-state index contributed by atoms with van der Waals surface area (Å²) in [5.41, 5.74) is 5.98. The van der Waals surface area contributed by atoms with Crippen LogP contribution in [0.4, 0.5) is 5.69 Å². The molecule has 5 rings (SSSR count). The van der Waals surface area contributed by atoms with Crippen LogP contribution in [-0.4, -0.2) is 45.3 Å². The lowest BCUT2D eigenvalue weighted by Crippen LogP contribution is -2.43. The number of amides is 1. The lowest BCUT2D eigenvalue weighted by molar-refractivity contribution is -0.128. The summed E-state index contributed by atoms with van der Waals surface area (Å²) in [5.74, 6) is 1.42. The van der Waals surface area contributed by atoms with Gasteiger partial charge in [-0.2, -0.15) is 0 Å². The molecule has 2 aromatic carbocycles. The predicted molar refractivity (Wildman–Crippen MR) is 147 cm³/mol. The molecular weight excluding hydrogens is 448 g/mol. The zero-order chi connectivity index (χ0) is 25.0. The fourth-order valence-corrected chi connectivity index (χ4v) is 6.85. The van der Waals surface area contributed by atoms with Crippen LogP contribution in [0.5, 0.6) is 0 Å². The highest BCUT2D eigenvalue weighted by Gasteiger charge is 2.51. The second-order valence-corrected chi connectivity index (χ2v) is 16.8. The number of benzene rings is 2. The molecule has 4 nitrogen and oxygen atoms in total. The molecule has 3 aliphatic rings. The molecule has 0 radical (unpaired) electrons. The van der Waals surface area contributed by atoms with Crippen LogP contribution in [0.1, 0.15) is 57.9 Å². The first-order chi connectivity index (χ1) is 16.6. The number of carbonyl (C=O) groups excluding carboxylic acids is 1. The Balaban J connectivity index is 1.55. The zero-order valence-electron chi connectivity index (χ0n) is 22.2. The van der Waals surface area contributed by atoms with Crippen LogP contribution in [0.2, 0.25) is 18.1 Å². The number of nitrogens with zero attached hydrogens (tertiary/aromatic N) is 2. The minimum Gasteiger partial charge on any atom is -0.546 e. The zero-order valence-corrected chi connectivity index (χ0v) is 23.2. The van der Waals surface area contributed by atoms with Gasteiger partial charge in [-0.05, 0) is 66.2 Å². The van der Waals surface area contributed by atoms with Gasteiger partial charge in [0, 0.05) is 38.2 Å². The third-order valence-electron chi connectivity index (χ3n) is 8.77. The van der Waals surface area contributed by atoms with Crippen LogP contribution in [-0.2, 0) is 9.22 Å². The molecule has 1 fully saturated rings. The number of likely N-dealkylation sites (tertiary alicyclic amines) is 1. The molecule has 0 spiro atoms. The third-order valence-corrected chi connectivity index (χ3v) is 13.1. The Kier molecular flexibility index (Phi) is 6.11. The van der Waals surface area contributed by atoms with Crippen molar-refractivity contribution in [3.63, 3.8) is 0 Å². The number of rotatable bonds is 4.